The van der Waals surface area contributed by atoms with Crippen molar-refractivity contribution in [1.29, 1.82) is 0 Å². The average molecular weight is 318 g/mol. The summed E-state index contributed by atoms with van der Waals surface area (Å²) in [6, 6.07) is 8.24. The maximum absolute atomic E-state index is 11.8. The predicted molar refractivity (Wildman–Crippen MR) is 88.4 cm³/mol. The van der Waals surface area contributed by atoms with Gasteiger partial charge in [-0.2, -0.15) is 0 Å². The zero-order chi connectivity index (χ0) is 16.3. The molecule has 2 heterocycles. The van der Waals surface area contributed by atoms with Gasteiger partial charge in [-0.05, 0) is 26.0 Å². The minimum absolute atomic E-state index is 0.0709. The summed E-state index contributed by atoms with van der Waals surface area (Å²) in [7, 11) is 1.88. The largest absolute Gasteiger partial charge is 0.494 e. The third-order valence-corrected chi connectivity index (χ3v) is 4.82. The van der Waals surface area contributed by atoms with Crippen molar-refractivity contribution in [3.8, 4) is 5.75 Å². The van der Waals surface area contributed by atoms with Crippen LogP contribution in [0.25, 0.3) is 0 Å². The number of carbonyl (C=O) groups excluding carboxylic acids is 1. The lowest BCUT2D eigenvalue weighted by Gasteiger charge is -2.30. The number of hydrogen-bond acceptors (Lipinski definition) is 4. The summed E-state index contributed by atoms with van der Waals surface area (Å²) in [6.07, 6.45) is 1.07. The second-order valence-electron chi connectivity index (χ2n) is 6.74. The van der Waals surface area contributed by atoms with Crippen LogP contribution in [-0.4, -0.2) is 62.2 Å². The van der Waals surface area contributed by atoms with E-state index in [9.17, 15) is 4.79 Å². The van der Waals surface area contributed by atoms with Crippen molar-refractivity contribution in [3.63, 3.8) is 0 Å². The highest BCUT2D eigenvalue weighted by molar-refractivity contribution is 5.77. The molecule has 0 aromatic heterocycles. The molecule has 126 valence electrons. The monoisotopic (exact) mass is 318 g/mol. The summed E-state index contributed by atoms with van der Waals surface area (Å²) in [6.45, 7) is 7.25. The fourth-order valence-electron chi connectivity index (χ4n) is 3.68. The second-order valence-corrected chi connectivity index (χ2v) is 6.74. The van der Waals surface area contributed by atoms with Gasteiger partial charge in [0, 0.05) is 37.7 Å². The van der Waals surface area contributed by atoms with Crippen LogP contribution in [0.4, 0.5) is 0 Å². The molecular formula is C18H26N2O3. The summed E-state index contributed by atoms with van der Waals surface area (Å²) in [5.41, 5.74) is 1.30. The fourth-order valence-corrected chi connectivity index (χ4v) is 3.68. The van der Waals surface area contributed by atoms with Crippen molar-refractivity contribution in [3.05, 3.63) is 29.8 Å². The first-order valence-corrected chi connectivity index (χ1v) is 8.37. The lowest BCUT2D eigenvalue weighted by Crippen LogP contribution is -2.40. The zero-order valence-corrected chi connectivity index (χ0v) is 14.1. The number of likely N-dealkylation sites (N-methyl/N-ethyl adjacent to an activating group) is 1. The number of benzene rings is 1. The molecule has 23 heavy (non-hydrogen) atoms. The quantitative estimate of drug-likeness (QED) is 0.848. The normalized spacial score (nSPS) is 25.8. The van der Waals surface area contributed by atoms with Crippen LogP contribution in [0.3, 0.4) is 0 Å². The van der Waals surface area contributed by atoms with Crippen LogP contribution >= 0.6 is 0 Å². The van der Waals surface area contributed by atoms with Gasteiger partial charge in [0.15, 0.2) is 0 Å². The molecule has 0 bridgehead atoms. The van der Waals surface area contributed by atoms with Gasteiger partial charge in [-0.25, -0.2) is 0 Å². The molecule has 0 saturated carbocycles. The summed E-state index contributed by atoms with van der Waals surface area (Å²) in [5.74, 6) is 1.06. The molecule has 0 aliphatic carbocycles. The molecule has 1 aromatic carbocycles. The molecule has 1 aromatic rings. The Morgan fingerprint density at radius 1 is 1.30 bits per heavy atom. The van der Waals surface area contributed by atoms with Crippen LogP contribution in [0.15, 0.2) is 24.3 Å². The lowest BCUT2D eigenvalue weighted by molar-refractivity contribution is -0.132. The molecule has 5 nitrogen and oxygen atoms in total. The molecule has 0 N–H and O–H groups in total. The number of para-hydroxylation sites is 1. The molecule has 1 atom stereocenters. The smallest absolute Gasteiger partial charge is 0.248 e. The van der Waals surface area contributed by atoms with E-state index in [4.69, 9.17) is 9.47 Å². The van der Waals surface area contributed by atoms with Gasteiger partial charge >= 0.3 is 0 Å². The van der Waals surface area contributed by atoms with E-state index in [1.54, 1.807) is 0 Å². The second kappa shape index (κ2) is 6.89. The Morgan fingerprint density at radius 2 is 2.13 bits per heavy atom. The predicted octanol–water partition coefficient (Wildman–Crippen LogP) is 1.77. The first-order chi connectivity index (χ1) is 11.1. The molecule has 1 amide bonds. The van der Waals surface area contributed by atoms with Gasteiger partial charge in [0.05, 0.1) is 13.2 Å². The summed E-state index contributed by atoms with van der Waals surface area (Å²) in [5, 5.41) is 0. The van der Waals surface area contributed by atoms with E-state index >= 15 is 0 Å². The first kappa shape index (κ1) is 16.3. The fraction of sp³-hybridized carbons (Fsp3) is 0.611. The molecular weight excluding hydrogens is 292 g/mol. The molecule has 0 radical (unpaired) electrons. The van der Waals surface area contributed by atoms with E-state index in [-0.39, 0.29) is 17.9 Å². The molecule has 1 spiro atoms. The van der Waals surface area contributed by atoms with Crippen molar-refractivity contribution >= 4 is 5.91 Å². The van der Waals surface area contributed by atoms with Gasteiger partial charge in [-0.3, -0.25) is 9.69 Å². The molecule has 2 fully saturated rings. The lowest BCUT2D eigenvalue weighted by atomic mass is 9.88. The van der Waals surface area contributed by atoms with E-state index in [1.807, 2.05) is 31.0 Å². The van der Waals surface area contributed by atoms with E-state index in [0.29, 0.717) is 13.2 Å². The van der Waals surface area contributed by atoms with E-state index in [0.717, 1.165) is 38.3 Å². The molecule has 2 saturated heterocycles. The SMILES string of the molecule is CCOc1ccccc1CN1CCC2(COCC(=O)N(C)C2)C1. The Hall–Kier alpha value is -1.59. The summed E-state index contributed by atoms with van der Waals surface area (Å²) >= 11 is 0. The van der Waals surface area contributed by atoms with E-state index in [1.165, 1.54) is 5.56 Å². The van der Waals surface area contributed by atoms with Crippen LogP contribution in [0, 0.1) is 5.41 Å². The van der Waals surface area contributed by atoms with Gasteiger partial charge < -0.3 is 14.4 Å². The zero-order valence-electron chi connectivity index (χ0n) is 14.1. The number of hydrogen-bond donors (Lipinski definition) is 0. The number of amides is 1. The molecule has 1 unspecified atom stereocenters. The Kier molecular flexibility index (Phi) is 4.87. The Balaban J connectivity index is 1.67. The highest BCUT2D eigenvalue weighted by Crippen LogP contribution is 2.34. The Morgan fingerprint density at radius 3 is 2.96 bits per heavy atom. The maximum Gasteiger partial charge on any atom is 0.248 e. The summed E-state index contributed by atoms with van der Waals surface area (Å²) in [4.78, 5) is 16.1. The van der Waals surface area contributed by atoms with Crippen molar-refractivity contribution in [1.82, 2.24) is 9.80 Å². The minimum atomic E-state index is 0.0709. The number of carbonyl (C=O) groups is 1. The van der Waals surface area contributed by atoms with Crippen LogP contribution in [-0.2, 0) is 16.1 Å². The van der Waals surface area contributed by atoms with Crippen molar-refractivity contribution in [2.75, 3.05) is 46.5 Å². The Labute approximate surface area is 138 Å². The molecule has 2 aliphatic heterocycles. The summed E-state index contributed by atoms with van der Waals surface area (Å²) < 4.78 is 11.4. The number of ether oxygens (including phenoxy) is 2. The molecule has 2 aliphatic rings. The Bertz CT molecular complexity index is 563. The van der Waals surface area contributed by atoms with Crippen molar-refractivity contribution in [2.24, 2.45) is 5.41 Å². The number of likely N-dealkylation sites (tertiary alicyclic amines) is 1. The number of nitrogens with zero attached hydrogens (tertiary/aromatic N) is 2. The van der Waals surface area contributed by atoms with Gasteiger partial charge in [0.2, 0.25) is 5.91 Å². The van der Waals surface area contributed by atoms with Gasteiger partial charge in [0.1, 0.15) is 12.4 Å². The van der Waals surface area contributed by atoms with Crippen LogP contribution in [0.5, 0.6) is 5.75 Å². The number of rotatable bonds is 4. The van der Waals surface area contributed by atoms with Crippen molar-refractivity contribution in [2.45, 2.75) is 19.9 Å². The van der Waals surface area contributed by atoms with Gasteiger partial charge in [0.25, 0.3) is 0 Å². The maximum atomic E-state index is 11.8. The topological polar surface area (TPSA) is 42.0 Å². The first-order valence-electron chi connectivity index (χ1n) is 8.37. The highest BCUT2D eigenvalue weighted by Gasteiger charge is 2.41. The van der Waals surface area contributed by atoms with E-state index < -0.39 is 0 Å². The minimum Gasteiger partial charge on any atom is -0.494 e. The third kappa shape index (κ3) is 3.67. The van der Waals surface area contributed by atoms with Gasteiger partial charge in [-0.1, -0.05) is 18.2 Å². The van der Waals surface area contributed by atoms with Crippen LogP contribution in [0.2, 0.25) is 0 Å². The van der Waals surface area contributed by atoms with Crippen LogP contribution in [0.1, 0.15) is 18.9 Å². The van der Waals surface area contributed by atoms with Gasteiger partial charge in [-0.15, -0.1) is 0 Å². The highest BCUT2D eigenvalue weighted by atomic mass is 16.5. The van der Waals surface area contributed by atoms with Crippen LogP contribution < -0.4 is 4.74 Å². The average Bonchev–Trinajstić information content (AvgIpc) is 2.85. The van der Waals surface area contributed by atoms with Crippen molar-refractivity contribution < 1.29 is 14.3 Å². The third-order valence-electron chi connectivity index (χ3n) is 4.82. The molecule has 3 rings (SSSR count). The standard InChI is InChI=1S/C18H26N2O3/c1-3-23-16-7-5-4-6-15(16)10-20-9-8-18(13-20)12-19(2)17(21)11-22-14-18/h4-7H,3,8-14H2,1-2H3. The van der Waals surface area contributed by atoms with E-state index in [2.05, 4.69) is 17.0 Å². The molecule has 5 heteroatoms.